The molecule has 1 atom stereocenters. The third kappa shape index (κ3) is 3.40. The van der Waals surface area contributed by atoms with Crippen molar-refractivity contribution in [2.75, 3.05) is 18.0 Å². The third-order valence-corrected chi connectivity index (χ3v) is 2.93. The summed E-state index contributed by atoms with van der Waals surface area (Å²) >= 11 is 0. The van der Waals surface area contributed by atoms with E-state index in [0.717, 1.165) is 24.6 Å². The molecular weight excluding hydrogens is 212 g/mol. The molecule has 0 spiro atoms. The van der Waals surface area contributed by atoms with E-state index < -0.39 is 0 Å². The molecule has 0 radical (unpaired) electrons. The van der Waals surface area contributed by atoms with Gasteiger partial charge < -0.3 is 10.2 Å². The van der Waals surface area contributed by atoms with Crippen LogP contribution in [0.2, 0.25) is 0 Å². The summed E-state index contributed by atoms with van der Waals surface area (Å²) in [6.07, 6.45) is 1.17. The Labute approximate surface area is 103 Å². The summed E-state index contributed by atoms with van der Waals surface area (Å²) in [6.45, 7) is 10.7. The van der Waals surface area contributed by atoms with Crippen molar-refractivity contribution >= 4 is 5.82 Å². The summed E-state index contributed by atoms with van der Waals surface area (Å²) in [6, 6.07) is 4.63. The first-order valence-corrected chi connectivity index (χ1v) is 6.27. The van der Waals surface area contributed by atoms with Crippen LogP contribution < -0.4 is 10.2 Å². The zero-order valence-electron chi connectivity index (χ0n) is 11.2. The van der Waals surface area contributed by atoms with Gasteiger partial charge in [-0.25, -0.2) is 0 Å². The lowest BCUT2D eigenvalue weighted by atomic mass is 10.1. The molecule has 1 saturated heterocycles. The number of aryl methyl sites for hydroxylation is 1. The van der Waals surface area contributed by atoms with Crippen molar-refractivity contribution in [1.82, 2.24) is 15.5 Å². The van der Waals surface area contributed by atoms with Gasteiger partial charge in [-0.2, -0.15) is 5.10 Å². The van der Waals surface area contributed by atoms with Gasteiger partial charge in [0.2, 0.25) is 0 Å². The minimum atomic E-state index is 0.180. The second kappa shape index (κ2) is 4.61. The lowest BCUT2D eigenvalue weighted by Crippen LogP contribution is -2.45. The second-order valence-corrected chi connectivity index (χ2v) is 5.86. The normalized spacial score (nSPS) is 20.9. The topological polar surface area (TPSA) is 41.0 Å². The van der Waals surface area contributed by atoms with E-state index in [1.165, 1.54) is 6.42 Å². The summed E-state index contributed by atoms with van der Waals surface area (Å²) in [5.41, 5.74) is 1.15. The lowest BCUT2D eigenvalue weighted by molar-refractivity contribution is 0.373. The molecule has 1 aromatic rings. The number of aromatic nitrogens is 2. The van der Waals surface area contributed by atoms with E-state index in [1.807, 2.05) is 13.0 Å². The fourth-order valence-corrected chi connectivity index (χ4v) is 2.26. The molecule has 4 heteroatoms. The number of rotatable bonds is 2. The van der Waals surface area contributed by atoms with E-state index >= 15 is 0 Å². The maximum absolute atomic E-state index is 4.24. The highest BCUT2D eigenvalue weighted by Gasteiger charge is 2.26. The predicted octanol–water partition coefficient (Wildman–Crippen LogP) is 1.75. The Morgan fingerprint density at radius 1 is 1.29 bits per heavy atom. The van der Waals surface area contributed by atoms with Crippen molar-refractivity contribution in [3.05, 3.63) is 17.8 Å². The van der Waals surface area contributed by atoms with Crippen LogP contribution in [0.5, 0.6) is 0 Å². The molecule has 2 heterocycles. The van der Waals surface area contributed by atoms with Crippen LogP contribution in [0.1, 0.15) is 32.9 Å². The van der Waals surface area contributed by atoms with Crippen molar-refractivity contribution in [3.63, 3.8) is 0 Å². The van der Waals surface area contributed by atoms with Crippen molar-refractivity contribution in [1.29, 1.82) is 0 Å². The van der Waals surface area contributed by atoms with Gasteiger partial charge in [-0.1, -0.05) is 0 Å². The Bertz CT molecular complexity index is 366. The van der Waals surface area contributed by atoms with E-state index in [-0.39, 0.29) is 5.54 Å². The zero-order valence-corrected chi connectivity index (χ0v) is 11.2. The molecule has 1 unspecified atom stereocenters. The van der Waals surface area contributed by atoms with E-state index in [4.69, 9.17) is 0 Å². The molecule has 0 bridgehead atoms. The smallest absolute Gasteiger partial charge is 0.151 e. The fourth-order valence-electron chi connectivity index (χ4n) is 2.26. The van der Waals surface area contributed by atoms with Crippen molar-refractivity contribution in [2.45, 2.75) is 45.7 Å². The van der Waals surface area contributed by atoms with Gasteiger partial charge in [-0.15, -0.1) is 5.10 Å². The number of nitrogens with zero attached hydrogens (tertiary/aromatic N) is 3. The molecule has 94 valence electrons. The van der Waals surface area contributed by atoms with Gasteiger partial charge in [0.15, 0.2) is 5.82 Å². The molecule has 17 heavy (non-hydrogen) atoms. The van der Waals surface area contributed by atoms with E-state index in [0.29, 0.717) is 6.04 Å². The van der Waals surface area contributed by atoms with E-state index in [9.17, 15) is 0 Å². The maximum atomic E-state index is 4.24. The summed E-state index contributed by atoms with van der Waals surface area (Å²) < 4.78 is 0. The van der Waals surface area contributed by atoms with Gasteiger partial charge in [-0.05, 0) is 46.2 Å². The van der Waals surface area contributed by atoms with E-state index in [2.05, 4.69) is 47.3 Å². The largest absolute Gasteiger partial charge is 0.354 e. The molecule has 0 amide bonds. The average Bonchev–Trinajstić information content (AvgIpc) is 2.64. The van der Waals surface area contributed by atoms with Crippen molar-refractivity contribution < 1.29 is 0 Å². The number of hydrogen-bond acceptors (Lipinski definition) is 4. The molecule has 1 fully saturated rings. The van der Waals surface area contributed by atoms with Gasteiger partial charge in [-0.3, -0.25) is 0 Å². The Balaban J connectivity index is 1.96. The molecule has 0 aliphatic carbocycles. The zero-order chi connectivity index (χ0) is 12.5. The summed E-state index contributed by atoms with van der Waals surface area (Å²) in [5, 5.41) is 12.0. The van der Waals surface area contributed by atoms with Crippen LogP contribution in [0.15, 0.2) is 12.1 Å². The summed E-state index contributed by atoms with van der Waals surface area (Å²) in [4.78, 5) is 2.30. The SMILES string of the molecule is Cc1ccc(N2CCC(NC(C)(C)C)C2)nn1. The molecule has 1 aromatic heterocycles. The van der Waals surface area contributed by atoms with Crippen LogP contribution in [0, 0.1) is 6.92 Å². The monoisotopic (exact) mass is 234 g/mol. The summed E-state index contributed by atoms with van der Waals surface area (Å²) in [7, 11) is 0. The highest BCUT2D eigenvalue weighted by atomic mass is 15.3. The standard InChI is InChI=1S/C13H22N4/c1-10-5-6-12(16-15-10)17-8-7-11(9-17)14-13(2,3)4/h5-6,11,14H,7-9H2,1-4H3. The Hall–Kier alpha value is -1.16. The number of hydrogen-bond donors (Lipinski definition) is 1. The summed E-state index contributed by atoms with van der Waals surface area (Å²) in [5.74, 6) is 0.994. The van der Waals surface area contributed by atoms with Crippen LogP contribution in [0.3, 0.4) is 0 Å². The van der Waals surface area contributed by atoms with Crippen LogP contribution in [0.25, 0.3) is 0 Å². The van der Waals surface area contributed by atoms with Crippen LogP contribution in [-0.2, 0) is 0 Å². The fraction of sp³-hybridized carbons (Fsp3) is 0.692. The van der Waals surface area contributed by atoms with Gasteiger partial charge >= 0.3 is 0 Å². The van der Waals surface area contributed by atoms with Crippen molar-refractivity contribution in [3.8, 4) is 0 Å². The third-order valence-electron chi connectivity index (χ3n) is 2.93. The van der Waals surface area contributed by atoms with Gasteiger partial charge in [0, 0.05) is 24.7 Å². The molecule has 0 saturated carbocycles. The number of anilines is 1. The molecule has 2 rings (SSSR count). The molecule has 1 aliphatic heterocycles. The van der Waals surface area contributed by atoms with Crippen LogP contribution >= 0.6 is 0 Å². The Morgan fingerprint density at radius 2 is 2.06 bits per heavy atom. The first-order chi connectivity index (χ1) is 7.94. The van der Waals surface area contributed by atoms with Gasteiger partial charge in [0.05, 0.1) is 5.69 Å². The van der Waals surface area contributed by atoms with E-state index in [1.54, 1.807) is 0 Å². The van der Waals surface area contributed by atoms with Gasteiger partial charge in [0.25, 0.3) is 0 Å². The quantitative estimate of drug-likeness (QED) is 0.846. The van der Waals surface area contributed by atoms with Gasteiger partial charge in [0.1, 0.15) is 0 Å². The first kappa shape index (κ1) is 12.3. The minimum absolute atomic E-state index is 0.180. The second-order valence-electron chi connectivity index (χ2n) is 5.86. The Morgan fingerprint density at radius 3 is 2.65 bits per heavy atom. The lowest BCUT2D eigenvalue weighted by Gasteiger charge is -2.26. The van der Waals surface area contributed by atoms with Crippen LogP contribution in [-0.4, -0.2) is 34.9 Å². The highest BCUT2D eigenvalue weighted by molar-refractivity contribution is 5.39. The Kier molecular flexibility index (Phi) is 3.33. The van der Waals surface area contributed by atoms with Crippen molar-refractivity contribution in [2.24, 2.45) is 0 Å². The molecular formula is C13H22N4. The molecule has 1 N–H and O–H groups in total. The molecule has 4 nitrogen and oxygen atoms in total. The highest BCUT2D eigenvalue weighted by Crippen LogP contribution is 2.18. The predicted molar refractivity (Wildman–Crippen MR) is 70.3 cm³/mol. The first-order valence-electron chi connectivity index (χ1n) is 6.27. The molecule has 0 aromatic carbocycles. The van der Waals surface area contributed by atoms with Crippen LogP contribution in [0.4, 0.5) is 5.82 Å². The average molecular weight is 234 g/mol. The number of nitrogens with one attached hydrogen (secondary N) is 1. The maximum Gasteiger partial charge on any atom is 0.151 e. The molecule has 1 aliphatic rings. The minimum Gasteiger partial charge on any atom is -0.354 e.